The summed E-state index contributed by atoms with van der Waals surface area (Å²) in [6.07, 6.45) is 3.20. The molecule has 0 aromatic rings. The molecule has 3 rings (SSSR count). The lowest BCUT2D eigenvalue weighted by Gasteiger charge is -2.38. The molecule has 17 heavy (non-hydrogen) atoms. The molecular formula is C11H18ClN3O2. The van der Waals surface area contributed by atoms with E-state index in [1.54, 1.807) is 4.90 Å². The van der Waals surface area contributed by atoms with Crippen LogP contribution in [-0.4, -0.2) is 59.9 Å². The monoisotopic (exact) mass is 259 g/mol. The number of nitrogens with one attached hydrogen (secondary N) is 1. The van der Waals surface area contributed by atoms with Crippen LogP contribution in [0.5, 0.6) is 0 Å². The standard InChI is InChI=1S/C11H17N3O2.ClH/c15-10-7-13(11(16)9-3-4-12-9)5-6-14(10)8-1-2-8;/h8-9,12H,1-7H2;1H/t9-;/m1./s1. The first kappa shape index (κ1) is 12.6. The Morgan fingerprint density at radius 3 is 2.41 bits per heavy atom. The van der Waals surface area contributed by atoms with Crippen molar-refractivity contribution in [3.05, 3.63) is 0 Å². The zero-order valence-corrected chi connectivity index (χ0v) is 10.5. The number of hydrogen-bond donors (Lipinski definition) is 1. The van der Waals surface area contributed by atoms with Crippen molar-refractivity contribution in [1.29, 1.82) is 0 Å². The van der Waals surface area contributed by atoms with E-state index in [9.17, 15) is 9.59 Å². The molecule has 2 amide bonds. The molecule has 0 radical (unpaired) electrons. The fraction of sp³-hybridized carbons (Fsp3) is 0.818. The van der Waals surface area contributed by atoms with Gasteiger partial charge in [0.2, 0.25) is 11.8 Å². The Bertz CT molecular complexity index is 329. The van der Waals surface area contributed by atoms with Gasteiger partial charge in [0.15, 0.2) is 0 Å². The third-order valence-electron chi connectivity index (χ3n) is 3.68. The number of hydrogen-bond acceptors (Lipinski definition) is 3. The molecule has 5 nitrogen and oxygen atoms in total. The van der Waals surface area contributed by atoms with E-state index >= 15 is 0 Å². The summed E-state index contributed by atoms with van der Waals surface area (Å²) in [5, 5.41) is 3.09. The molecule has 3 aliphatic rings. The average molecular weight is 260 g/mol. The van der Waals surface area contributed by atoms with E-state index in [2.05, 4.69) is 5.32 Å². The second-order valence-corrected chi connectivity index (χ2v) is 4.87. The largest absolute Gasteiger partial charge is 0.336 e. The summed E-state index contributed by atoms with van der Waals surface area (Å²) in [4.78, 5) is 27.4. The normalized spacial score (nSPS) is 28.5. The number of halogens is 1. The van der Waals surface area contributed by atoms with Crippen LogP contribution >= 0.6 is 12.4 Å². The summed E-state index contributed by atoms with van der Waals surface area (Å²) in [5.74, 6) is 0.233. The van der Waals surface area contributed by atoms with Crippen molar-refractivity contribution in [3.63, 3.8) is 0 Å². The van der Waals surface area contributed by atoms with Crippen molar-refractivity contribution in [2.75, 3.05) is 26.2 Å². The fourth-order valence-electron chi connectivity index (χ4n) is 2.37. The first-order valence-electron chi connectivity index (χ1n) is 6.07. The molecule has 96 valence electrons. The molecule has 0 spiro atoms. The highest BCUT2D eigenvalue weighted by Gasteiger charge is 2.38. The minimum atomic E-state index is -0.0275. The molecule has 2 aliphatic heterocycles. The third-order valence-corrected chi connectivity index (χ3v) is 3.68. The Hall–Kier alpha value is -0.810. The maximum atomic E-state index is 11.9. The minimum absolute atomic E-state index is 0. The summed E-state index contributed by atoms with van der Waals surface area (Å²) in [5.41, 5.74) is 0. The van der Waals surface area contributed by atoms with Crippen LogP contribution in [0.3, 0.4) is 0 Å². The van der Waals surface area contributed by atoms with Crippen molar-refractivity contribution >= 4 is 24.2 Å². The Morgan fingerprint density at radius 2 is 1.94 bits per heavy atom. The molecule has 3 fully saturated rings. The molecule has 2 heterocycles. The summed E-state index contributed by atoms with van der Waals surface area (Å²) < 4.78 is 0. The highest BCUT2D eigenvalue weighted by Crippen LogP contribution is 2.28. The van der Waals surface area contributed by atoms with Gasteiger partial charge in [-0.25, -0.2) is 0 Å². The summed E-state index contributed by atoms with van der Waals surface area (Å²) in [6.45, 7) is 2.64. The molecule has 1 N–H and O–H groups in total. The lowest BCUT2D eigenvalue weighted by atomic mass is 10.1. The van der Waals surface area contributed by atoms with Crippen LogP contribution in [0.25, 0.3) is 0 Å². The van der Waals surface area contributed by atoms with Gasteiger partial charge in [0.25, 0.3) is 0 Å². The Kier molecular flexibility index (Phi) is 3.58. The van der Waals surface area contributed by atoms with Crippen LogP contribution in [0.1, 0.15) is 19.3 Å². The zero-order chi connectivity index (χ0) is 11.1. The van der Waals surface area contributed by atoms with Crippen LogP contribution in [0, 0.1) is 0 Å². The molecule has 0 aromatic heterocycles. The molecule has 6 heteroatoms. The van der Waals surface area contributed by atoms with Gasteiger partial charge < -0.3 is 15.1 Å². The highest BCUT2D eigenvalue weighted by molar-refractivity contribution is 5.89. The van der Waals surface area contributed by atoms with Gasteiger partial charge in [0.05, 0.1) is 12.6 Å². The first-order valence-corrected chi connectivity index (χ1v) is 6.07. The molecule has 1 aliphatic carbocycles. The Labute approximate surface area is 107 Å². The van der Waals surface area contributed by atoms with Crippen molar-refractivity contribution in [3.8, 4) is 0 Å². The zero-order valence-electron chi connectivity index (χ0n) is 9.72. The summed E-state index contributed by atoms with van der Waals surface area (Å²) in [6, 6.07) is 0.451. The summed E-state index contributed by atoms with van der Waals surface area (Å²) in [7, 11) is 0. The van der Waals surface area contributed by atoms with Crippen LogP contribution in [0.4, 0.5) is 0 Å². The molecule has 0 bridgehead atoms. The summed E-state index contributed by atoms with van der Waals surface area (Å²) >= 11 is 0. The van der Waals surface area contributed by atoms with E-state index in [0.717, 1.165) is 32.4 Å². The Balaban J connectivity index is 0.00000108. The second kappa shape index (κ2) is 4.82. The van der Waals surface area contributed by atoms with E-state index in [-0.39, 0.29) is 36.8 Å². The smallest absolute Gasteiger partial charge is 0.242 e. The molecule has 1 atom stereocenters. The van der Waals surface area contributed by atoms with E-state index in [0.29, 0.717) is 12.6 Å². The predicted molar refractivity (Wildman–Crippen MR) is 65.0 cm³/mol. The van der Waals surface area contributed by atoms with Gasteiger partial charge >= 0.3 is 0 Å². The predicted octanol–water partition coefficient (Wildman–Crippen LogP) is -0.397. The van der Waals surface area contributed by atoms with Gasteiger partial charge in [0, 0.05) is 19.1 Å². The third kappa shape index (κ3) is 2.40. The maximum Gasteiger partial charge on any atom is 0.242 e. The van der Waals surface area contributed by atoms with Crippen molar-refractivity contribution in [2.24, 2.45) is 0 Å². The maximum absolute atomic E-state index is 11.9. The SMILES string of the molecule is Cl.O=C([C@H]1CCN1)N1CCN(C2CC2)C(=O)C1. The number of piperazine rings is 1. The van der Waals surface area contributed by atoms with E-state index in [1.807, 2.05) is 4.90 Å². The van der Waals surface area contributed by atoms with E-state index < -0.39 is 0 Å². The average Bonchev–Trinajstić information content (AvgIpc) is 2.98. The first-order chi connectivity index (χ1) is 7.75. The van der Waals surface area contributed by atoms with Crippen LogP contribution in [-0.2, 0) is 9.59 Å². The van der Waals surface area contributed by atoms with Gasteiger partial charge in [-0.3, -0.25) is 9.59 Å². The molecule has 1 saturated carbocycles. The lowest BCUT2D eigenvalue weighted by molar-refractivity contribution is -0.147. The van der Waals surface area contributed by atoms with E-state index in [1.165, 1.54) is 0 Å². The molecule has 0 unspecified atom stereocenters. The molecule has 2 saturated heterocycles. The van der Waals surface area contributed by atoms with Gasteiger partial charge in [-0.2, -0.15) is 0 Å². The molecule has 0 aromatic carbocycles. The number of carbonyl (C=O) groups excluding carboxylic acids is 2. The Morgan fingerprint density at radius 1 is 1.24 bits per heavy atom. The van der Waals surface area contributed by atoms with Gasteiger partial charge in [-0.1, -0.05) is 0 Å². The number of amides is 2. The fourth-order valence-corrected chi connectivity index (χ4v) is 2.37. The van der Waals surface area contributed by atoms with Crippen molar-refractivity contribution in [2.45, 2.75) is 31.3 Å². The lowest BCUT2D eigenvalue weighted by Crippen LogP contribution is -2.60. The number of nitrogens with zero attached hydrogens (tertiary/aromatic N) is 2. The van der Waals surface area contributed by atoms with Gasteiger partial charge in [0.1, 0.15) is 0 Å². The van der Waals surface area contributed by atoms with Crippen molar-refractivity contribution in [1.82, 2.24) is 15.1 Å². The van der Waals surface area contributed by atoms with Gasteiger partial charge in [-0.05, 0) is 25.8 Å². The van der Waals surface area contributed by atoms with Crippen molar-refractivity contribution < 1.29 is 9.59 Å². The van der Waals surface area contributed by atoms with E-state index in [4.69, 9.17) is 0 Å². The van der Waals surface area contributed by atoms with Gasteiger partial charge in [-0.15, -0.1) is 12.4 Å². The molecular weight excluding hydrogens is 242 g/mol. The topological polar surface area (TPSA) is 52.7 Å². The second-order valence-electron chi connectivity index (χ2n) is 4.87. The van der Waals surface area contributed by atoms with Crippen LogP contribution < -0.4 is 5.32 Å². The minimum Gasteiger partial charge on any atom is -0.336 e. The van der Waals surface area contributed by atoms with Crippen LogP contribution in [0.2, 0.25) is 0 Å². The quantitative estimate of drug-likeness (QED) is 0.735. The number of carbonyl (C=O) groups is 2. The number of rotatable bonds is 2. The van der Waals surface area contributed by atoms with Crippen LogP contribution in [0.15, 0.2) is 0 Å². The highest BCUT2D eigenvalue weighted by atomic mass is 35.5.